The predicted octanol–water partition coefficient (Wildman–Crippen LogP) is 1.63. The zero-order valence-electron chi connectivity index (χ0n) is 13.3. The third-order valence-corrected chi connectivity index (χ3v) is 5.15. The fraction of sp³-hybridized carbons (Fsp3) is 0.353. The molecule has 4 rings (SSSR count). The van der Waals surface area contributed by atoms with E-state index >= 15 is 0 Å². The zero-order chi connectivity index (χ0) is 16.4. The Morgan fingerprint density at radius 1 is 1.04 bits per heavy atom. The number of hydrogen-bond acceptors (Lipinski definition) is 6. The van der Waals surface area contributed by atoms with Crippen LogP contribution in [-0.2, 0) is 13.2 Å². The van der Waals surface area contributed by atoms with Crippen LogP contribution in [0, 0.1) is 0 Å². The molecule has 0 atom stereocenters. The van der Waals surface area contributed by atoms with Gasteiger partial charge in [-0.2, -0.15) is 16.0 Å². The fourth-order valence-electron chi connectivity index (χ4n) is 3.04. The lowest BCUT2D eigenvalue weighted by molar-refractivity contribution is 0.0962. The average molecular weight is 341 g/mol. The lowest BCUT2D eigenvalue weighted by atomic mass is 10.2. The van der Waals surface area contributed by atoms with Crippen LogP contribution in [0.4, 0.5) is 0 Å². The van der Waals surface area contributed by atoms with Gasteiger partial charge < -0.3 is 0 Å². The van der Waals surface area contributed by atoms with Crippen molar-refractivity contribution >= 4 is 22.2 Å². The summed E-state index contributed by atoms with van der Waals surface area (Å²) in [5.74, 6) is 0. The normalized spacial score (nSPS) is 16.7. The zero-order valence-corrected chi connectivity index (χ0v) is 14.2. The molecule has 6 nitrogen and oxygen atoms in total. The van der Waals surface area contributed by atoms with Gasteiger partial charge in [0.1, 0.15) is 5.52 Å². The molecular weight excluding hydrogens is 322 g/mol. The van der Waals surface area contributed by atoms with E-state index in [0.29, 0.717) is 17.6 Å². The number of thiophene rings is 1. The SMILES string of the molecule is O=c1c2ccccc2nnn1CN1CCN(Cc2ccsc2)CC1. The first-order chi connectivity index (χ1) is 11.8. The van der Waals surface area contributed by atoms with Crippen LogP contribution >= 0.6 is 11.3 Å². The van der Waals surface area contributed by atoms with Crippen molar-refractivity contribution in [2.75, 3.05) is 26.2 Å². The van der Waals surface area contributed by atoms with E-state index in [1.54, 1.807) is 11.3 Å². The molecule has 1 aliphatic rings. The molecule has 0 bridgehead atoms. The molecule has 124 valence electrons. The first-order valence-corrected chi connectivity index (χ1v) is 9.02. The van der Waals surface area contributed by atoms with Crippen LogP contribution in [0.15, 0.2) is 45.9 Å². The second-order valence-corrected chi connectivity index (χ2v) is 6.86. The predicted molar refractivity (Wildman–Crippen MR) is 95.0 cm³/mol. The summed E-state index contributed by atoms with van der Waals surface area (Å²) in [6.07, 6.45) is 0. The standard InChI is InChI=1S/C17H19N5OS/c23-17-15-3-1-2-4-16(15)18-19-22(17)13-21-8-6-20(7-9-21)11-14-5-10-24-12-14/h1-5,10,12H,6-9,11,13H2. The van der Waals surface area contributed by atoms with E-state index in [4.69, 9.17) is 0 Å². The van der Waals surface area contributed by atoms with E-state index in [0.717, 1.165) is 32.7 Å². The summed E-state index contributed by atoms with van der Waals surface area (Å²) >= 11 is 1.74. The van der Waals surface area contributed by atoms with Crippen LogP contribution < -0.4 is 5.56 Å². The molecular formula is C17H19N5OS. The van der Waals surface area contributed by atoms with Gasteiger partial charge in [-0.05, 0) is 34.5 Å². The Balaban J connectivity index is 1.40. The van der Waals surface area contributed by atoms with E-state index in [1.807, 2.05) is 24.3 Å². The van der Waals surface area contributed by atoms with E-state index in [2.05, 4.69) is 36.9 Å². The maximum atomic E-state index is 12.5. The van der Waals surface area contributed by atoms with Gasteiger partial charge in [-0.3, -0.25) is 14.6 Å². The second kappa shape index (κ2) is 6.80. The summed E-state index contributed by atoms with van der Waals surface area (Å²) in [6, 6.07) is 9.53. The van der Waals surface area contributed by atoms with Crippen molar-refractivity contribution in [3.8, 4) is 0 Å². The van der Waals surface area contributed by atoms with Crippen LogP contribution in [-0.4, -0.2) is 51.0 Å². The highest BCUT2D eigenvalue weighted by molar-refractivity contribution is 7.07. The first-order valence-electron chi connectivity index (χ1n) is 8.08. The Morgan fingerprint density at radius 3 is 2.62 bits per heavy atom. The molecule has 7 heteroatoms. The number of rotatable bonds is 4. The Labute approximate surface area is 143 Å². The number of piperazine rings is 1. The summed E-state index contributed by atoms with van der Waals surface area (Å²) in [7, 11) is 0. The number of nitrogens with zero attached hydrogens (tertiary/aromatic N) is 5. The molecule has 1 fully saturated rings. The van der Waals surface area contributed by atoms with Crippen molar-refractivity contribution in [2.45, 2.75) is 13.2 Å². The Hall–Kier alpha value is -2.09. The molecule has 0 unspecified atom stereocenters. The summed E-state index contributed by atoms with van der Waals surface area (Å²) in [5.41, 5.74) is 1.96. The molecule has 0 saturated carbocycles. The van der Waals surface area contributed by atoms with E-state index in [-0.39, 0.29) is 5.56 Å². The third kappa shape index (κ3) is 3.24. The molecule has 2 aromatic heterocycles. The Morgan fingerprint density at radius 2 is 1.83 bits per heavy atom. The molecule has 1 aliphatic heterocycles. The fourth-order valence-corrected chi connectivity index (χ4v) is 3.69. The van der Waals surface area contributed by atoms with Gasteiger partial charge in [0.15, 0.2) is 0 Å². The molecule has 0 amide bonds. The smallest absolute Gasteiger partial charge is 0.278 e. The van der Waals surface area contributed by atoms with Crippen molar-refractivity contribution in [2.24, 2.45) is 0 Å². The minimum absolute atomic E-state index is 0.0682. The van der Waals surface area contributed by atoms with Crippen molar-refractivity contribution in [1.29, 1.82) is 0 Å². The van der Waals surface area contributed by atoms with Gasteiger partial charge in [0.25, 0.3) is 5.56 Å². The van der Waals surface area contributed by atoms with Crippen molar-refractivity contribution in [1.82, 2.24) is 24.8 Å². The monoisotopic (exact) mass is 341 g/mol. The van der Waals surface area contributed by atoms with Crippen molar-refractivity contribution in [3.63, 3.8) is 0 Å². The van der Waals surface area contributed by atoms with Gasteiger partial charge in [-0.1, -0.05) is 17.3 Å². The first kappa shape index (κ1) is 15.4. The third-order valence-electron chi connectivity index (χ3n) is 4.41. The second-order valence-electron chi connectivity index (χ2n) is 6.08. The van der Waals surface area contributed by atoms with Crippen molar-refractivity contribution in [3.05, 3.63) is 57.0 Å². The molecule has 0 spiro atoms. The summed E-state index contributed by atoms with van der Waals surface area (Å²) in [6.45, 7) is 5.39. The molecule has 3 aromatic rings. The number of aromatic nitrogens is 3. The molecule has 24 heavy (non-hydrogen) atoms. The topological polar surface area (TPSA) is 54.3 Å². The quantitative estimate of drug-likeness (QED) is 0.722. The van der Waals surface area contributed by atoms with Crippen molar-refractivity contribution < 1.29 is 0 Å². The summed E-state index contributed by atoms with van der Waals surface area (Å²) < 4.78 is 1.47. The van der Waals surface area contributed by atoms with Gasteiger partial charge in [0.2, 0.25) is 0 Å². The van der Waals surface area contributed by atoms with Crippen LogP contribution in [0.1, 0.15) is 5.56 Å². The minimum atomic E-state index is -0.0682. The van der Waals surface area contributed by atoms with Gasteiger partial charge in [-0.15, -0.1) is 5.10 Å². The Bertz CT molecular complexity index is 868. The largest absolute Gasteiger partial charge is 0.297 e. The molecule has 0 radical (unpaired) electrons. The van der Waals surface area contributed by atoms with E-state index in [9.17, 15) is 4.79 Å². The average Bonchev–Trinajstić information content (AvgIpc) is 3.12. The lowest BCUT2D eigenvalue weighted by Crippen LogP contribution is -2.47. The molecule has 1 saturated heterocycles. The Kier molecular flexibility index (Phi) is 4.38. The van der Waals surface area contributed by atoms with Gasteiger partial charge >= 0.3 is 0 Å². The van der Waals surface area contributed by atoms with Gasteiger partial charge in [-0.25, -0.2) is 0 Å². The van der Waals surface area contributed by atoms with Gasteiger partial charge in [0, 0.05) is 32.7 Å². The number of fused-ring (bicyclic) bond motifs is 1. The van der Waals surface area contributed by atoms with E-state index in [1.165, 1.54) is 10.2 Å². The minimum Gasteiger partial charge on any atom is -0.297 e. The van der Waals surface area contributed by atoms with Crippen LogP contribution in [0.3, 0.4) is 0 Å². The van der Waals surface area contributed by atoms with Crippen LogP contribution in [0.25, 0.3) is 10.9 Å². The molecule has 1 aromatic carbocycles. The summed E-state index contributed by atoms with van der Waals surface area (Å²) in [5, 5.41) is 13.2. The number of hydrogen-bond donors (Lipinski definition) is 0. The molecule has 0 N–H and O–H groups in total. The highest BCUT2D eigenvalue weighted by Gasteiger charge is 2.18. The maximum Gasteiger partial charge on any atom is 0.278 e. The molecule has 3 heterocycles. The highest BCUT2D eigenvalue weighted by atomic mass is 32.1. The highest BCUT2D eigenvalue weighted by Crippen LogP contribution is 2.12. The number of benzene rings is 1. The van der Waals surface area contributed by atoms with Crippen LogP contribution in [0.2, 0.25) is 0 Å². The molecule has 0 aliphatic carbocycles. The maximum absolute atomic E-state index is 12.5. The lowest BCUT2D eigenvalue weighted by Gasteiger charge is -2.34. The summed E-state index contributed by atoms with van der Waals surface area (Å²) in [4.78, 5) is 17.2. The van der Waals surface area contributed by atoms with E-state index < -0.39 is 0 Å². The van der Waals surface area contributed by atoms with Gasteiger partial charge in [0.05, 0.1) is 12.1 Å². The van der Waals surface area contributed by atoms with Crippen LogP contribution in [0.5, 0.6) is 0 Å².